The summed E-state index contributed by atoms with van der Waals surface area (Å²) in [6.07, 6.45) is 9.45. The minimum atomic E-state index is 0.709. The maximum atomic E-state index is 5.80. The highest BCUT2D eigenvalue weighted by Crippen LogP contribution is 2.25. The first-order valence-electron chi connectivity index (χ1n) is 7.25. The largest absolute Gasteiger partial charge is 0.330 e. The van der Waals surface area contributed by atoms with Crippen molar-refractivity contribution in [1.29, 1.82) is 0 Å². The molecule has 2 nitrogen and oxygen atoms in total. The zero-order chi connectivity index (χ0) is 11.8. The van der Waals surface area contributed by atoms with E-state index in [2.05, 4.69) is 19.2 Å². The molecule has 1 aliphatic rings. The van der Waals surface area contributed by atoms with E-state index in [4.69, 9.17) is 5.73 Å². The van der Waals surface area contributed by atoms with Gasteiger partial charge in [-0.05, 0) is 44.2 Å². The van der Waals surface area contributed by atoms with E-state index in [9.17, 15) is 0 Å². The van der Waals surface area contributed by atoms with E-state index in [-0.39, 0.29) is 0 Å². The third-order valence-corrected chi connectivity index (χ3v) is 4.17. The molecule has 0 saturated heterocycles. The van der Waals surface area contributed by atoms with E-state index in [1.807, 2.05) is 0 Å². The fourth-order valence-corrected chi connectivity index (χ4v) is 2.85. The van der Waals surface area contributed by atoms with Gasteiger partial charge in [-0.1, -0.05) is 39.5 Å². The zero-order valence-corrected chi connectivity index (χ0v) is 11.2. The van der Waals surface area contributed by atoms with Gasteiger partial charge in [-0.2, -0.15) is 0 Å². The Labute approximate surface area is 101 Å². The Morgan fingerprint density at radius 1 is 1.31 bits per heavy atom. The molecular weight excluding hydrogens is 196 g/mol. The highest BCUT2D eigenvalue weighted by atomic mass is 14.9. The first kappa shape index (κ1) is 14.0. The molecule has 16 heavy (non-hydrogen) atoms. The molecule has 1 fully saturated rings. The lowest BCUT2D eigenvalue weighted by Crippen LogP contribution is -2.38. The maximum absolute atomic E-state index is 5.80. The Kier molecular flexibility index (Phi) is 7.06. The summed E-state index contributed by atoms with van der Waals surface area (Å²) in [5, 5.41) is 3.76. The summed E-state index contributed by atoms with van der Waals surface area (Å²) < 4.78 is 0. The van der Waals surface area contributed by atoms with Gasteiger partial charge in [0, 0.05) is 6.04 Å². The normalized spacial score (nSPS) is 27.2. The molecule has 0 spiro atoms. The Hall–Kier alpha value is -0.0800. The molecule has 3 N–H and O–H groups in total. The van der Waals surface area contributed by atoms with Crippen LogP contribution in [-0.4, -0.2) is 19.1 Å². The molecule has 0 aromatic rings. The SMILES string of the molecule is CCCCC(CC)CNC1CCCC1CN. The second-order valence-corrected chi connectivity index (χ2v) is 5.36. The number of unbranched alkanes of at least 4 members (excludes halogenated alkanes) is 1. The molecule has 0 aromatic carbocycles. The topological polar surface area (TPSA) is 38.0 Å². The fraction of sp³-hybridized carbons (Fsp3) is 1.00. The molecule has 3 unspecified atom stereocenters. The van der Waals surface area contributed by atoms with Gasteiger partial charge in [0.2, 0.25) is 0 Å². The van der Waals surface area contributed by atoms with E-state index in [1.54, 1.807) is 0 Å². The van der Waals surface area contributed by atoms with Crippen LogP contribution in [-0.2, 0) is 0 Å². The lowest BCUT2D eigenvalue weighted by atomic mass is 9.97. The molecule has 96 valence electrons. The average Bonchev–Trinajstić information content (AvgIpc) is 2.77. The molecule has 0 amide bonds. The van der Waals surface area contributed by atoms with Crippen molar-refractivity contribution in [2.24, 2.45) is 17.6 Å². The second kappa shape index (κ2) is 8.08. The third kappa shape index (κ3) is 4.42. The van der Waals surface area contributed by atoms with Gasteiger partial charge in [-0.3, -0.25) is 0 Å². The van der Waals surface area contributed by atoms with Gasteiger partial charge >= 0.3 is 0 Å². The predicted molar refractivity (Wildman–Crippen MR) is 71.5 cm³/mol. The maximum Gasteiger partial charge on any atom is 0.0107 e. The van der Waals surface area contributed by atoms with Gasteiger partial charge in [-0.25, -0.2) is 0 Å². The van der Waals surface area contributed by atoms with Crippen LogP contribution in [0.1, 0.15) is 58.8 Å². The Morgan fingerprint density at radius 3 is 2.75 bits per heavy atom. The van der Waals surface area contributed by atoms with Gasteiger partial charge in [-0.15, -0.1) is 0 Å². The van der Waals surface area contributed by atoms with Gasteiger partial charge in [0.05, 0.1) is 0 Å². The number of hydrogen-bond donors (Lipinski definition) is 2. The van der Waals surface area contributed by atoms with Crippen molar-refractivity contribution in [2.45, 2.75) is 64.8 Å². The summed E-state index contributed by atoms with van der Waals surface area (Å²) in [5.74, 6) is 1.61. The van der Waals surface area contributed by atoms with E-state index < -0.39 is 0 Å². The molecule has 0 aliphatic heterocycles. The van der Waals surface area contributed by atoms with Crippen molar-refractivity contribution in [3.05, 3.63) is 0 Å². The van der Waals surface area contributed by atoms with Crippen molar-refractivity contribution in [3.8, 4) is 0 Å². The van der Waals surface area contributed by atoms with Gasteiger partial charge in [0.1, 0.15) is 0 Å². The first-order chi connectivity index (χ1) is 7.81. The second-order valence-electron chi connectivity index (χ2n) is 5.36. The molecule has 0 aromatic heterocycles. The monoisotopic (exact) mass is 226 g/mol. The summed E-state index contributed by atoms with van der Waals surface area (Å²) in [5.41, 5.74) is 5.80. The van der Waals surface area contributed by atoms with E-state index in [1.165, 1.54) is 51.5 Å². The van der Waals surface area contributed by atoms with Crippen molar-refractivity contribution in [1.82, 2.24) is 5.32 Å². The van der Waals surface area contributed by atoms with Gasteiger partial charge in [0.25, 0.3) is 0 Å². The number of nitrogens with one attached hydrogen (secondary N) is 1. The summed E-state index contributed by atoms with van der Waals surface area (Å²) >= 11 is 0. The summed E-state index contributed by atoms with van der Waals surface area (Å²) in [4.78, 5) is 0. The highest BCUT2D eigenvalue weighted by molar-refractivity contribution is 4.84. The minimum absolute atomic E-state index is 0.709. The van der Waals surface area contributed by atoms with E-state index in [0.717, 1.165) is 18.4 Å². The molecule has 0 bridgehead atoms. The molecule has 0 heterocycles. The van der Waals surface area contributed by atoms with Crippen LogP contribution >= 0.6 is 0 Å². The molecule has 1 rings (SSSR count). The fourth-order valence-electron chi connectivity index (χ4n) is 2.85. The third-order valence-electron chi connectivity index (χ3n) is 4.17. The summed E-state index contributed by atoms with van der Waals surface area (Å²) in [7, 11) is 0. The van der Waals surface area contributed by atoms with E-state index >= 15 is 0 Å². The van der Waals surface area contributed by atoms with Crippen LogP contribution in [0.4, 0.5) is 0 Å². The highest BCUT2D eigenvalue weighted by Gasteiger charge is 2.25. The number of nitrogens with two attached hydrogens (primary N) is 1. The smallest absolute Gasteiger partial charge is 0.0107 e. The minimum Gasteiger partial charge on any atom is -0.330 e. The zero-order valence-electron chi connectivity index (χ0n) is 11.2. The predicted octanol–water partition coefficient (Wildman–Crippen LogP) is 2.92. The quantitative estimate of drug-likeness (QED) is 0.668. The van der Waals surface area contributed by atoms with Crippen LogP contribution in [0.5, 0.6) is 0 Å². The van der Waals surface area contributed by atoms with Crippen molar-refractivity contribution in [3.63, 3.8) is 0 Å². The van der Waals surface area contributed by atoms with Gasteiger partial charge in [0.15, 0.2) is 0 Å². The average molecular weight is 226 g/mol. The molecule has 0 radical (unpaired) electrons. The molecule has 1 aliphatic carbocycles. The molecular formula is C14H30N2. The summed E-state index contributed by atoms with van der Waals surface area (Å²) in [6.45, 7) is 6.67. The van der Waals surface area contributed by atoms with Gasteiger partial charge < -0.3 is 11.1 Å². The lowest BCUT2D eigenvalue weighted by molar-refractivity contribution is 0.348. The Bertz CT molecular complexity index is 170. The van der Waals surface area contributed by atoms with Crippen LogP contribution < -0.4 is 11.1 Å². The van der Waals surface area contributed by atoms with Crippen LogP contribution in [0, 0.1) is 11.8 Å². The number of hydrogen-bond acceptors (Lipinski definition) is 2. The van der Waals surface area contributed by atoms with Crippen LogP contribution in [0.3, 0.4) is 0 Å². The van der Waals surface area contributed by atoms with Crippen molar-refractivity contribution < 1.29 is 0 Å². The Morgan fingerprint density at radius 2 is 2.12 bits per heavy atom. The molecule has 1 saturated carbocycles. The summed E-state index contributed by atoms with van der Waals surface area (Å²) in [6, 6.07) is 0.709. The standard InChI is InChI=1S/C14H30N2/c1-3-5-7-12(4-2)11-16-14-9-6-8-13(14)10-15/h12-14,16H,3-11,15H2,1-2H3. The van der Waals surface area contributed by atoms with Crippen LogP contribution in [0.2, 0.25) is 0 Å². The van der Waals surface area contributed by atoms with Crippen LogP contribution in [0.15, 0.2) is 0 Å². The first-order valence-corrected chi connectivity index (χ1v) is 7.25. The molecule has 2 heteroatoms. The van der Waals surface area contributed by atoms with Crippen molar-refractivity contribution >= 4 is 0 Å². The van der Waals surface area contributed by atoms with E-state index in [0.29, 0.717) is 6.04 Å². The Balaban J connectivity index is 2.20. The van der Waals surface area contributed by atoms with Crippen LogP contribution in [0.25, 0.3) is 0 Å². The van der Waals surface area contributed by atoms with Crippen molar-refractivity contribution in [2.75, 3.05) is 13.1 Å². The lowest BCUT2D eigenvalue weighted by Gasteiger charge is -2.23. The number of rotatable bonds is 8. The molecule has 3 atom stereocenters.